The molecule has 4 unspecified atom stereocenters. The summed E-state index contributed by atoms with van der Waals surface area (Å²) in [6.45, 7) is 11.8. The zero-order valence-corrected chi connectivity index (χ0v) is 24.5. The van der Waals surface area contributed by atoms with Gasteiger partial charge in [0.15, 0.2) is 0 Å². The molecule has 6 nitrogen and oxygen atoms in total. The number of nitrogens with one attached hydrogen (secondary N) is 1. The largest absolute Gasteiger partial charge is 0.462 e. The van der Waals surface area contributed by atoms with Crippen molar-refractivity contribution >= 4 is 17.0 Å². The summed E-state index contributed by atoms with van der Waals surface area (Å²) in [7, 11) is 0. The maximum Gasteiger partial charge on any atom is 0.340 e. The molecule has 39 heavy (non-hydrogen) atoms. The molecule has 1 aromatic heterocycles. The van der Waals surface area contributed by atoms with Gasteiger partial charge in [0, 0.05) is 6.42 Å². The van der Waals surface area contributed by atoms with Crippen molar-refractivity contribution < 1.29 is 19.7 Å². The number of fused-ring (bicyclic) bond motifs is 6. The Labute approximate surface area is 233 Å². The number of esters is 1. The van der Waals surface area contributed by atoms with Crippen LogP contribution in [0.1, 0.15) is 95.7 Å². The molecule has 0 amide bonds. The monoisotopic (exact) mass is 536 g/mol. The highest BCUT2D eigenvalue weighted by molar-refractivity contribution is 6.01. The molecule has 4 fully saturated rings. The van der Waals surface area contributed by atoms with Crippen molar-refractivity contribution in [2.24, 2.45) is 52.3 Å². The normalized spacial score (nSPS) is 42.4. The quantitative estimate of drug-likeness (QED) is 0.398. The fraction of sp³-hybridized carbons (Fsp3) is 0.758. The molecule has 4 aliphatic rings. The number of benzene rings is 1. The summed E-state index contributed by atoms with van der Waals surface area (Å²) in [6.07, 6.45) is 8.08. The van der Waals surface area contributed by atoms with Crippen LogP contribution in [-0.4, -0.2) is 45.0 Å². The number of hydrogen-bond donors (Lipinski definition) is 3. The van der Waals surface area contributed by atoms with Gasteiger partial charge >= 0.3 is 5.97 Å². The lowest BCUT2D eigenvalue weighted by atomic mass is 9.42. The minimum Gasteiger partial charge on any atom is -0.462 e. The van der Waals surface area contributed by atoms with E-state index in [9.17, 15) is 15.0 Å². The molecular formula is C33H48N2O4. The molecule has 11 atom stereocenters. The topological polar surface area (TPSA) is 95.4 Å². The van der Waals surface area contributed by atoms with Crippen molar-refractivity contribution in [3.8, 4) is 0 Å². The first-order valence-corrected chi connectivity index (χ1v) is 15.6. The van der Waals surface area contributed by atoms with Crippen molar-refractivity contribution in [1.82, 2.24) is 9.97 Å². The number of hydrogen-bond acceptors (Lipinski definition) is 5. The number of ether oxygens (including phenoxy) is 1. The van der Waals surface area contributed by atoms with Gasteiger partial charge in [-0.15, -0.1) is 0 Å². The first-order valence-electron chi connectivity index (χ1n) is 15.6. The van der Waals surface area contributed by atoms with E-state index in [0.29, 0.717) is 53.2 Å². The summed E-state index contributed by atoms with van der Waals surface area (Å²) >= 11 is 0. The molecule has 0 radical (unpaired) electrons. The second-order valence-corrected chi connectivity index (χ2v) is 14.2. The van der Waals surface area contributed by atoms with Gasteiger partial charge in [-0.3, -0.25) is 0 Å². The number of aromatic nitrogens is 2. The van der Waals surface area contributed by atoms with E-state index in [-0.39, 0.29) is 34.9 Å². The van der Waals surface area contributed by atoms with E-state index in [4.69, 9.17) is 9.72 Å². The van der Waals surface area contributed by atoms with E-state index >= 15 is 0 Å². The van der Waals surface area contributed by atoms with Crippen molar-refractivity contribution in [3.05, 3.63) is 29.6 Å². The number of aromatic amines is 1. The molecule has 0 aliphatic heterocycles. The zero-order chi connectivity index (χ0) is 27.7. The van der Waals surface area contributed by atoms with Crippen LogP contribution in [0, 0.1) is 52.3 Å². The van der Waals surface area contributed by atoms with Crippen molar-refractivity contribution in [3.63, 3.8) is 0 Å². The number of carbonyl (C=O) groups excluding carboxylic acids is 1. The van der Waals surface area contributed by atoms with Crippen LogP contribution in [0.25, 0.3) is 11.0 Å². The number of para-hydroxylation sites is 1. The lowest BCUT2D eigenvalue weighted by Gasteiger charge is -2.64. The summed E-state index contributed by atoms with van der Waals surface area (Å²) in [4.78, 5) is 20.9. The number of H-pyrrole nitrogens is 1. The summed E-state index contributed by atoms with van der Waals surface area (Å²) < 4.78 is 5.26. The molecule has 2 aromatic rings. The standard InChI is InChI=1S/C33H48N2O4/c1-6-39-31(38)21-8-7-9-26-29(21)35-27(34-26)16-18(2)22-10-11-23-28-24(13-15-32(22,23)4)33(5)14-12-20(36)17-25(33)19(3)30(28)37/h7-9,18-20,22-25,28,30,36-37H,6,10-17H2,1-5H3,(H,34,35)/t18-,19-,20-,22-,23?,24?,25+,28?,30?,32-,33-/m1/s1. The maximum absolute atomic E-state index is 12.5. The molecule has 1 aromatic carbocycles. The number of carbonyl (C=O) groups is 1. The molecule has 6 heteroatoms. The van der Waals surface area contributed by atoms with Crippen molar-refractivity contribution in [1.29, 1.82) is 0 Å². The van der Waals surface area contributed by atoms with Crippen LogP contribution in [0.3, 0.4) is 0 Å². The number of imidazole rings is 1. The van der Waals surface area contributed by atoms with Crippen molar-refractivity contribution in [2.75, 3.05) is 6.61 Å². The Kier molecular flexibility index (Phi) is 6.90. The van der Waals surface area contributed by atoms with Crippen LogP contribution < -0.4 is 0 Å². The number of rotatable bonds is 5. The van der Waals surface area contributed by atoms with Gasteiger partial charge < -0.3 is 19.9 Å². The van der Waals surface area contributed by atoms with E-state index in [1.165, 1.54) is 25.7 Å². The lowest BCUT2D eigenvalue weighted by Crippen LogP contribution is -2.61. The first kappa shape index (κ1) is 27.3. The Hall–Kier alpha value is -1.92. The first-order chi connectivity index (χ1) is 18.6. The zero-order valence-electron chi connectivity index (χ0n) is 24.5. The van der Waals surface area contributed by atoms with Gasteiger partial charge in [-0.1, -0.05) is 33.8 Å². The van der Waals surface area contributed by atoms with Gasteiger partial charge in [0.05, 0.1) is 29.9 Å². The average molecular weight is 537 g/mol. The van der Waals surface area contributed by atoms with Crippen molar-refractivity contribution in [2.45, 2.75) is 98.2 Å². The molecular weight excluding hydrogens is 488 g/mol. The SMILES string of the molecule is CCOC(=O)c1cccc2[nH]c(C[C@@H](C)[C@H]3CCC4C5C(O)[C@H](C)[C@@H]6C[C@H](O)CC[C@]6(C)C5CC[C@@]43C)nc12. The Bertz CT molecular complexity index is 1230. The average Bonchev–Trinajstić information content (AvgIpc) is 3.48. The van der Waals surface area contributed by atoms with E-state index in [0.717, 1.165) is 37.0 Å². The van der Waals surface area contributed by atoms with E-state index < -0.39 is 0 Å². The van der Waals surface area contributed by atoms with Crippen LogP contribution >= 0.6 is 0 Å². The van der Waals surface area contributed by atoms with Crippen LogP contribution in [0.5, 0.6) is 0 Å². The maximum atomic E-state index is 12.5. The third kappa shape index (κ3) is 4.18. The van der Waals surface area contributed by atoms with E-state index in [2.05, 4.69) is 32.7 Å². The lowest BCUT2D eigenvalue weighted by molar-refractivity contribution is -0.199. The van der Waals surface area contributed by atoms with Crippen LogP contribution in [0.2, 0.25) is 0 Å². The second kappa shape index (κ2) is 9.87. The molecule has 4 saturated carbocycles. The summed E-state index contributed by atoms with van der Waals surface area (Å²) in [6, 6.07) is 5.66. The van der Waals surface area contributed by atoms with Gasteiger partial charge in [0.25, 0.3) is 0 Å². The summed E-state index contributed by atoms with van der Waals surface area (Å²) in [5, 5.41) is 22.3. The highest BCUT2D eigenvalue weighted by atomic mass is 16.5. The molecule has 4 aliphatic carbocycles. The Morgan fingerprint density at radius 2 is 1.85 bits per heavy atom. The van der Waals surface area contributed by atoms with Gasteiger partial charge in [-0.05, 0) is 116 Å². The number of nitrogens with zero attached hydrogens (tertiary/aromatic N) is 1. The van der Waals surface area contributed by atoms with Gasteiger partial charge in [-0.2, -0.15) is 0 Å². The molecule has 3 N–H and O–H groups in total. The predicted octanol–water partition coefficient (Wildman–Crippen LogP) is 6.15. The number of aliphatic hydroxyl groups excluding tert-OH is 2. The highest BCUT2D eigenvalue weighted by Crippen LogP contribution is 2.69. The van der Waals surface area contributed by atoms with Gasteiger partial charge in [0.1, 0.15) is 11.3 Å². The van der Waals surface area contributed by atoms with Gasteiger partial charge in [0.2, 0.25) is 0 Å². The Morgan fingerprint density at radius 1 is 1.10 bits per heavy atom. The Balaban J connectivity index is 1.23. The smallest absolute Gasteiger partial charge is 0.340 e. The Morgan fingerprint density at radius 3 is 2.62 bits per heavy atom. The third-order valence-electron chi connectivity index (χ3n) is 12.5. The predicted molar refractivity (Wildman–Crippen MR) is 152 cm³/mol. The molecule has 0 bridgehead atoms. The molecule has 214 valence electrons. The molecule has 0 spiro atoms. The second-order valence-electron chi connectivity index (χ2n) is 14.2. The molecule has 6 rings (SSSR count). The van der Waals surface area contributed by atoms with Crippen LogP contribution in [0.15, 0.2) is 18.2 Å². The number of aliphatic hydroxyl groups is 2. The molecule has 0 saturated heterocycles. The molecule has 1 heterocycles. The third-order valence-corrected chi connectivity index (χ3v) is 12.5. The minimum atomic E-state index is -0.319. The highest BCUT2D eigenvalue weighted by Gasteiger charge is 2.64. The summed E-state index contributed by atoms with van der Waals surface area (Å²) in [5.74, 6) is 3.81. The van der Waals surface area contributed by atoms with E-state index in [1.807, 2.05) is 19.1 Å². The van der Waals surface area contributed by atoms with Gasteiger partial charge in [-0.25, -0.2) is 9.78 Å². The van der Waals surface area contributed by atoms with Crippen LogP contribution in [-0.2, 0) is 11.2 Å². The minimum absolute atomic E-state index is 0.202. The summed E-state index contributed by atoms with van der Waals surface area (Å²) in [5.41, 5.74) is 2.57. The fourth-order valence-corrected chi connectivity index (χ4v) is 10.6. The van der Waals surface area contributed by atoms with E-state index in [1.54, 1.807) is 6.07 Å². The van der Waals surface area contributed by atoms with Crippen LogP contribution in [0.4, 0.5) is 0 Å². The fourth-order valence-electron chi connectivity index (χ4n) is 10.6.